The van der Waals surface area contributed by atoms with Crippen LogP contribution in [0.1, 0.15) is 19.8 Å². The van der Waals surface area contributed by atoms with Gasteiger partial charge in [-0.15, -0.1) is 6.58 Å². The largest absolute Gasteiger partial charge is 0.380 e. The summed E-state index contributed by atoms with van der Waals surface area (Å²) in [4.78, 5) is 0. The summed E-state index contributed by atoms with van der Waals surface area (Å²) < 4.78 is 5.29. The number of likely N-dealkylation sites (N-methyl/N-ethyl adjacent to an activating group) is 1. The predicted octanol–water partition coefficient (Wildman–Crippen LogP) is 1.58. The van der Waals surface area contributed by atoms with Gasteiger partial charge in [0.2, 0.25) is 0 Å². The van der Waals surface area contributed by atoms with E-state index in [9.17, 15) is 0 Å². The first kappa shape index (κ1) is 10.7. The van der Waals surface area contributed by atoms with Gasteiger partial charge in [-0.25, -0.2) is 0 Å². The molecule has 0 aromatic rings. The normalized spacial score (nSPS) is 12.9. The summed E-state index contributed by atoms with van der Waals surface area (Å²) in [5.41, 5.74) is 0. The van der Waals surface area contributed by atoms with Crippen LogP contribution in [0, 0.1) is 0 Å². The van der Waals surface area contributed by atoms with Crippen molar-refractivity contribution in [3.8, 4) is 0 Å². The fraction of sp³-hybridized carbons (Fsp3) is 0.778. The molecule has 0 fully saturated rings. The molecule has 0 aliphatic heterocycles. The lowest BCUT2D eigenvalue weighted by atomic mass is 10.2. The summed E-state index contributed by atoms with van der Waals surface area (Å²) in [7, 11) is 1.97. The molecule has 0 radical (unpaired) electrons. The van der Waals surface area contributed by atoms with Crippen LogP contribution >= 0.6 is 0 Å². The summed E-state index contributed by atoms with van der Waals surface area (Å²) >= 11 is 0. The number of ether oxygens (including phenoxy) is 1. The second-order valence-electron chi connectivity index (χ2n) is 2.51. The van der Waals surface area contributed by atoms with Gasteiger partial charge in [0.05, 0.1) is 6.61 Å². The van der Waals surface area contributed by atoms with Gasteiger partial charge in [-0.1, -0.05) is 6.08 Å². The first-order valence-electron chi connectivity index (χ1n) is 4.21. The van der Waals surface area contributed by atoms with E-state index >= 15 is 0 Å². The summed E-state index contributed by atoms with van der Waals surface area (Å²) in [5, 5.41) is 3.20. The van der Waals surface area contributed by atoms with Crippen LogP contribution in [0.25, 0.3) is 0 Å². The molecule has 1 atom stereocenters. The van der Waals surface area contributed by atoms with Gasteiger partial charge in [0.25, 0.3) is 0 Å². The summed E-state index contributed by atoms with van der Waals surface area (Å²) in [6.45, 7) is 7.30. The van der Waals surface area contributed by atoms with E-state index < -0.39 is 0 Å². The van der Waals surface area contributed by atoms with Gasteiger partial charge in [0, 0.05) is 12.6 Å². The Hall–Kier alpha value is -0.340. The van der Waals surface area contributed by atoms with Crippen LogP contribution in [-0.4, -0.2) is 26.3 Å². The molecule has 0 saturated carbocycles. The maximum Gasteiger partial charge on any atom is 0.0619 e. The quantitative estimate of drug-likeness (QED) is 0.566. The highest BCUT2D eigenvalue weighted by Gasteiger charge is 2.02. The zero-order valence-corrected chi connectivity index (χ0v) is 7.60. The molecule has 11 heavy (non-hydrogen) atoms. The third-order valence-corrected chi connectivity index (χ3v) is 1.65. The van der Waals surface area contributed by atoms with Crippen molar-refractivity contribution < 1.29 is 4.74 Å². The number of hydrogen-bond acceptors (Lipinski definition) is 2. The highest BCUT2D eigenvalue weighted by atomic mass is 16.5. The van der Waals surface area contributed by atoms with E-state index in [-0.39, 0.29) is 0 Å². The Bertz CT molecular complexity index is 93.6. The van der Waals surface area contributed by atoms with Crippen molar-refractivity contribution in [3.05, 3.63) is 12.7 Å². The average molecular weight is 157 g/mol. The molecule has 2 nitrogen and oxygen atoms in total. The molecular weight excluding hydrogens is 138 g/mol. The molecule has 0 aliphatic carbocycles. The van der Waals surface area contributed by atoms with Gasteiger partial charge in [-0.3, -0.25) is 0 Å². The highest BCUT2D eigenvalue weighted by molar-refractivity contribution is 4.72. The van der Waals surface area contributed by atoms with E-state index in [1.54, 1.807) is 0 Å². The first-order chi connectivity index (χ1) is 5.35. The van der Waals surface area contributed by atoms with Gasteiger partial charge < -0.3 is 10.1 Å². The second-order valence-corrected chi connectivity index (χ2v) is 2.51. The SMILES string of the molecule is C=CCCC(COCC)NC. The number of allylic oxidation sites excluding steroid dienone is 1. The van der Waals surface area contributed by atoms with Gasteiger partial charge in [0.15, 0.2) is 0 Å². The molecule has 0 aromatic heterocycles. The number of rotatable bonds is 7. The van der Waals surface area contributed by atoms with Crippen LogP contribution in [-0.2, 0) is 4.74 Å². The molecule has 0 saturated heterocycles. The fourth-order valence-electron chi connectivity index (χ4n) is 0.890. The maximum atomic E-state index is 5.29. The Labute approximate surface area is 69.6 Å². The molecule has 0 aromatic carbocycles. The zero-order chi connectivity index (χ0) is 8.53. The van der Waals surface area contributed by atoms with Crippen LogP contribution in [0.15, 0.2) is 12.7 Å². The minimum atomic E-state index is 0.480. The van der Waals surface area contributed by atoms with Crippen molar-refractivity contribution in [1.82, 2.24) is 5.32 Å². The van der Waals surface area contributed by atoms with Crippen LogP contribution < -0.4 is 5.32 Å². The minimum Gasteiger partial charge on any atom is -0.380 e. The van der Waals surface area contributed by atoms with Crippen molar-refractivity contribution in [3.63, 3.8) is 0 Å². The van der Waals surface area contributed by atoms with Crippen molar-refractivity contribution in [1.29, 1.82) is 0 Å². The number of hydrogen-bond donors (Lipinski definition) is 1. The molecule has 66 valence electrons. The monoisotopic (exact) mass is 157 g/mol. The van der Waals surface area contributed by atoms with Crippen molar-refractivity contribution in [2.75, 3.05) is 20.3 Å². The Balaban J connectivity index is 3.32. The molecule has 0 rings (SSSR count). The van der Waals surface area contributed by atoms with Crippen molar-refractivity contribution >= 4 is 0 Å². The van der Waals surface area contributed by atoms with Crippen LogP contribution in [0.5, 0.6) is 0 Å². The summed E-state index contributed by atoms with van der Waals surface area (Å²) in [6, 6.07) is 0.480. The van der Waals surface area contributed by atoms with E-state index in [0.717, 1.165) is 26.1 Å². The van der Waals surface area contributed by atoms with E-state index in [0.29, 0.717) is 6.04 Å². The third kappa shape index (κ3) is 6.07. The molecule has 0 bridgehead atoms. The summed E-state index contributed by atoms with van der Waals surface area (Å²) in [6.07, 6.45) is 4.11. The molecule has 0 spiro atoms. The Morgan fingerprint density at radius 3 is 2.82 bits per heavy atom. The minimum absolute atomic E-state index is 0.480. The first-order valence-corrected chi connectivity index (χ1v) is 4.21. The third-order valence-electron chi connectivity index (χ3n) is 1.65. The number of nitrogens with one attached hydrogen (secondary N) is 1. The van der Waals surface area contributed by atoms with Crippen molar-refractivity contribution in [2.24, 2.45) is 0 Å². The molecule has 1 N–H and O–H groups in total. The van der Waals surface area contributed by atoms with E-state index in [4.69, 9.17) is 4.74 Å². The van der Waals surface area contributed by atoms with Crippen LogP contribution in [0.3, 0.4) is 0 Å². The smallest absolute Gasteiger partial charge is 0.0619 e. The lowest BCUT2D eigenvalue weighted by Crippen LogP contribution is -2.30. The summed E-state index contributed by atoms with van der Waals surface area (Å²) in [5.74, 6) is 0. The van der Waals surface area contributed by atoms with E-state index in [1.807, 2.05) is 20.0 Å². The van der Waals surface area contributed by atoms with Gasteiger partial charge in [0.1, 0.15) is 0 Å². The highest BCUT2D eigenvalue weighted by Crippen LogP contribution is 1.97. The topological polar surface area (TPSA) is 21.3 Å². The molecule has 0 aliphatic rings. The fourth-order valence-corrected chi connectivity index (χ4v) is 0.890. The second kappa shape index (κ2) is 7.76. The van der Waals surface area contributed by atoms with Crippen molar-refractivity contribution in [2.45, 2.75) is 25.8 Å². The van der Waals surface area contributed by atoms with Crippen LogP contribution in [0.2, 0.25) is 0 Å². The molecular formula is C9H19NO. The Morgan fingerprint density at radius 1 is 1.64 bits per heavy atom. The van der Waals surface area contributed by atoms with Crippen LogP contribution in [0.4, 0.5) is 0 Å². The van der Waals surface area contributed by atoms with E-state index in [1.165, 1.54) is 0 Å². The predicted molar refractivity (Wildman–Crippen MR) is 48.8 cm³/mol. The molecule has 2 heteroatoms. The lowest BCUT2D eigenvalue weighted by Gasteiger charge is -2.14. The molecule has 0 amide bonds. The Morgan fingerprint density at radius 2 is 2.36 bits per heavy atom. The molecule has 1 unspecified atom stereocenters. The standard InChI is InChI=1S/C9H19NO/c1-4-6-7-9(10-3)8-11-5-2/h4,9-10H,1,5-8H2,2-3H3. The average Bonchev–Trinajstić information content (AvgIpc) is 2.05. The van der Waals surface area contributed by atoms with Gasteiger partial charge in [-0.05, 0) is 26.8 Å². The van der Waals surface area contributed by atoms with Gasteiger partial charge >= 0.3 is 0 Å². The Kier molecular flexibility index (Phi) is 7.52. The van der Waals surface area contributed by atoms with E-state index in [2.05, 4.69) is 11.9 Å². The van der Waals surface area contributed by atoms with Gasteiger partial charge in [-0.2, -0.15) is 0 Å². The molecule has 0 heterocycles. The maximum absolute atomic E-state index is 5.29. The zero-order valence-electron chi connectivity index (χ0n) is 7.60. The lowest BCUT2D eigenvalue weighted by molar-refractivity contribution is 0.123.